The maximum Gasteiger partial charge on any atom is 0.254 e. The maximum atomic E-state index is 13.9. The third-order valence-electron chi connectivity index (χ3n) is 7.72. The van der Waals surface area contributed by atoms with Crippen molar-refractivity contribution in [3.05, 3.63) is 119 Å². The zero-order chi connectivity index (χ0) is 28.9. The standard InChI is InChI=1S/C34H36ClN5O/c1-5-36-31-20-26(34(41)40-17-15-39(16-18-40)32-14-13-27(35)21-37-32)19-29(28-12-7-6-9-23(28)2)30(31)22-38-33-24(3)10-8-11-25(33)4/h5-14,19-21,36,38H,1,15-18,22H2,2-4H3. The van der Waals surface area contributed by atoms with Gasteiger partial charge in [-0.1, -0.05) is 60.6 Å². The smallest absolute Gasteiger partial charge is 0.254 e. The van der Waals surface area contributed by atoms with Crippen molar-refractivity contribution < 1.29 is 4.79 Å². The highest BCUT2D eigenvalue weighted by atomic mass is 35.5. The second-order valence-electron chi connectivity index (χ2n) is 10.4. The van der Waals surface area contributed by atoms with Crippen molar-refractivity contribution in [2.75, 3.05) is 41.7 Å². The third-order valence-corrected chi connectivity index (χ3v) is 7.94. The van der Waals surface area contributed by atoms with Crippen LogP contribution >= 0.6 is 11.6 Å². The van der Waals surface area contributed by atoms with Crippen LogP contribution in [0, 0.1) is 20.8 Å². The molecule has 210 valence electrons. The summed E-state index contributed by atoms with van der Waals surface area (Å²) in [7, 11) is 0. The Morgan fingerprint density at radius 2 is 1.63 bits per heavy atom. The summed E-state index contributed by atoms with van der Waals surface area (Å²) >= 11 is 6.01. The van der Waals surface area contributed by atoms with Crippen LogP contribution in [0.1, 0.15) is 32.6 Å². The number of nitrogens with one attached hydrogen (secondary N) is 2. The number of benzene rings is 3. The first-order valence-corrected chi connectivity index (χ1v) is 14.3. The van der Waals surface area contributed by atoms with Gasteiger partial charge >= 0.3 is 0 Å². The highest BCUT2D eigenvalue weighted by molar-refractivity contribution is 6.30. The topological polar surface area (TPSA) is 60.5 Å². The largest absolute Gasteiger partial charge is 0.380 e. The van der Waals surface area contributed by atoms with E-state index in [0.717, 1.165) is 39.4 Å². The quantitative estimate of drug-likeness (QED) is 0.232. The van der Waals surface area contributed by atoms with E-state index in [2.05, 4.69) is 78.2 Å². The van der Waals surface area contributed by atoms with E-state index >= 15 is 0 Å². The number of carbonyl (C=O) groups excluding carboxylic acids is 1. The summed E-state index contributed by atoms with van der Waals surface area (Å²) in [6.07, 6.45) is 3.33. The van der Waals surface area contributed by atoms with Crippen LogP contribution in [0.4, 0.5) is 17.2 Å². The normalized spacial score (nSPS) is 13.2. The molecule has 7 heteroatoms. The van der Waals surface area contributed by atoms with Crippen LogP contribution in [-0.4, -0.2) is 42.0 Å². The van der Waals surface area contributed by atoms with Crippen molar-refractivity contribution >= 4 is 34.7 Å². The lowest BCUT2D eigenvalue weighted by Gasteiger charge is -2.35. The molecular weight excluding hydrogens is 530 g/mol. The molecule has 41 heavy (non-hydrogen) atoms. The second kappa shape index (κ2) is 12.5. The summed E-state index contributed by atoms with van der Waals surface area (Å²) in [5.41, 5.74) is 9.40. The van der Waals surface area contributed by atoms with Gasteiger partial charge in [-0.15, -0.1) is 0 Å². The summed E-state index contributed by atoms with van der Waals surface area (Å²) in [5.74, 6) is 0.895. The number of piperazine rings is 1. The molecule has 2 heterocycles. The van der Waals surface area contributed by atoms with E-state index in [1.54, 1.807) is 12.4 Å². The molecule has 3 aromatic carbocycles. The lowest BCUT2D eigenvalue weighted by atomic mass is 9.92. The Balaban J connectivity index is 1.47. The minimum Gasteiger partial charge on any atom is -0.380 e. The number of aryl methyl sites for hydroxylation is 3. The average Bonchev–Trinajstić information content (AvgIpc) is 2.98. The van der Waals surface area contributed by atoms with E-state index in [4.69, 9.17) is 11.6 Å². The van der Waals surface area contributed by atoms with Gasteiger partial charge in [-0.3, -0.25) is 4.79 Å². The van der Waals surface area contributed by atoms with Crippen molar-refractivity contribution in [3.8, 4) is 11.1 Å². The molecular formula is C34H36ClN5O. The van der Waals surface area contributed by atoms with Gasteiger partial charge in [0.1, 0.15) is 5.82 Å². The van der Waals surface area contributed by atoms with Gasteiger partial charge in [0.25, 0.3) is 5.91 Å². The number of anilines is 3. The molecule has 1 aromatic heterocycles. The van der Waals surface area contributed by atoms with Crippen molar-refractivity contribution in [2.45, 2.75) is 27.3 Å². The van der Waals surface area contributed by atoms with Crippen molar-refractivity contribution in [1.29, 1.82) is 0 Å². The van der Waals surface area contributed by atoms with Gasteiger partial charge in [0.05, 0.1) is 5.02 Å². The Hall–Kier alpha value is -4.29. The van der Waals surface area contributed by atoms with Gasteiger partial charge in [0.15, 0.2) is 0 Å². The number of para-hydroxylation sites is 1. The summed E-state index contributed by atoms with van der Waals surface area (Å²) in [6, 6.07) is 22.4. The Morgan fingerprint density at radius 1 is 0.927 bits per heavy atom. The molecule has 1 aliphatic rings. The van der Waals surface area contributed by atoms with Crippen molar-refractivity contribution in [1.82, 2.24) is 9.88 Å². The zero-order valence-corrected chi connectivity index (χ0v) is 24.6. The Kier molecular flexibility index (Phi) is 8.60. The molecule has 6 nitrogen and oxygen atoms in total. The first-order valence-electron chi connectivity index (χ1n) is 13.9. The maximum absolute atomic E-state index is 13.9. The van der Waals surface area contributed by atoms with Gasteiger partial charge in [0.2, 0.25) is 0 Å². The fraction of sp³-hybridized carbons (Fsp3) is 0.235. The third kappa shape index (κ3) is 6.23. The first-order chi connectivity index (χ1) is 19.9. The lowest BCUT2D eigenvalue weighted by Crippen LogP contribution is -2.49. The second-order valence-corrected chi connectivity index (χ2v) is 10.9. The van der Waals surface area contributed by atoms with Crippen LogP contribution in [0.15, 0.2) is 85.7 Å². The number of rotatable bonds is 8. The molecule has 4 aromatic rings. The molecule has 0 aliphatic carbocycles. The average molecular weight is 566 g/mol. The van der Waals surface area contributed by atoms with Crippen molar-refractivity contribution in [2.24, 2.45) is 0 Å². The highest BCUT2D eigenvalue weighted by Gasteiger charge is 2.25. The van der Waals surface area contributed by atoms with E-state index in [1.165, 1.54) is 11.1 Å². The van der Waals surface area contributed by atoms with E-state index in [9.17, 15) is 4.79 Å². The minimum atomic E-state index is 0.0184. The van der Waals surface area contributed by atoms with Crippen LogP contribution in [-0.2, 0) is 6.54 Å². The molecule has 0 spiro atoms. The molecule has 1 saturated heterocycles. The van der Waals surface area contributed by atoms with E-state index in [0.29, 0.717) is 43.3 Å². The number of hydrogen-bond acceptors (Lipinski definition) is 5. The zero-order valence-electron chi connectivity index (χ0n) is 23.9. The van der Waals surface area contributed by atoms with Crippen LogP contribution in [0.3, 0.4) is 0 Å². The van der Waals surface area contributed by atoms with E-state index in [-0.39, 0.29) is 5.91 Å². The molecule has 0 bridgehead atoms. The molecule has 1 fully saturated rings. The molecule has 0 saturated carbocycles. The number of pyridine rings is 1. The number of carbonyl (C=O) groups is 1. The number of nitrogens with zero attached hydrogens (tertiary/aromatic N) is 3. The summed E-state index contributed by atoms with van der Waals surface area (Å²) in [4.78, 5) is 22.5. The van der Waals surface area contributed by atoms with Gasteiger partial charge in [-0.25, -0.2) is 4.98 Å². The van der Waals surface area contributed by atoms with Gasteiger partial charge in [-0.2, -0.15) is 0 Å². The summed E-state index contributed by atoms with van der Waals surface area (Å²) in [5, 5.41) is 7.62. The molecule has 1 aliphatic heterocycles. The van der Waals surface area contributed by atoms with E-state index in [1.807, 2.05) is 41.3 Å². The Bertz CT molecular complexity index is 1540. The van der Waals surface area contributed by atoms with Gasteiger partial charge in [0, 0.05) is 61.4 Å². The van der Waals surface area contributed by atoms with Crippen molar-refractivity contribution in [3.63, 3.8) is 0 Å². The van der Waals surface area contributed by atoms with Crippen LogP contribution in [0.5, 0.6) is 0 Å². The molecule has 0 unspecified atom stereocenters. The van der Waals surface area contributed by atoms with Gasteiger partial charge < -0.3 is 20.4 Å². The molecule has 0 atom stereocenters. The fourth-order valence-corrected chi connectivity index (χ4v) is 5.60. The summed E-state index contributed by atoms with van der Waals surface area (Å²) in [6.45, 7) is 13.5. The first kappa shape index (κ1) is 28.2. The molecule has 1 amide bonds. The number of amides is 1. The number of aromatic nitrogens is 1. The number of halogens is 1. The minimum absolute atomic E-state index is 0.0184. The predicted octanol–water partition coefficient (Wildman–Crippen LogP) is 7.46. The monoisotopic (exact) mass is 565 g/mol. The SMILES string of the molecule is C=CNc1cc(C(=O)N2CCN(c3ccc(Cl)cn3)CC2)cc(-c2ccccc2C)c1CNc1c(C)cccc1C. The fourth-order valence-electron chi connectivity index (χ4n) is 5.49. The molecule has 2 N–H and O–H groups in total. The summed E-state index contributed by atoms with van der Waals surface area (Å²) < 4.78 is 0. The Morgan fingerprint density at radius 3 is 2.29 bits per heavy atom. The van der Waals surface area contributed by atoms with Crippen LogP contribution in [0.25, 0.3) is 11.1 Å². The van der Waals surface area contributed by atoms with Gasteiger partial charge in [-0.05, 0) is 79.1 Å². The highest BCUT2D eigenvalue weighted by Crippen LogP contribution is 2.35. The predicted molar refractivity (Wildman–Crippen MR) is 171 cm³/mol. The number of hydrogen-bond donors (Lipinski definition) is 2. The van der Waals surface area contributed by atoms with E-state index < -0.39 is 0 Å². The van der Waals surface area contributed by atoms with Crippen LogP contribution < -0.4 is 15.5 Å². The Labute approximate surface area is 247 Å². The lowest BCUT2D eigenvalue weighted by molar-refractivity contribution is 0.0746. The molecule has 5 rings (SSSR count). The molecule has 0 radical (unpaired) electrons. The van der Waals surface area contributed by atoms with Crippen LogP contribution in [0.2, 0.25) is 5.02 Å².